The van der Waals surface area contributed by atoms with Gasteiger partial charge in [0, 0.05) is 13.3 Å². The number of amides is 1. The molecule has 0 aliphatic carbocycles. The van der Waals surface area contributed by atoms with Gasteiger partial charge in [0.15, 0.2) is 0 Å². The molecule has 2 aromatic rings. The number of carbonyl (C=O) groups excluding carboxylic acids is 1. The minimum absolute atomic E-state index is 0.00157. The molecule has 0 fully saturated rings. The van der Waals surface area contributed by atoms with Gasteiger partial charge in [0.2, 0.25) is 5.91 Å². The summed E-state index contributed by atoms with van der Waals surface area (Å²) in [4.78, 5) is 11.9. The highest BCUT2D eigenvalue weighted by molar-refractivity contribution is 6.03. The van der Waals surface area contributed by atoms with E-state index in [-0.39, 0.29) is 11.9 Å². The van der Waals surface area contributed by atoms with Gasteiger partial charge in [-0.15, -0.1) is 0 Å². The molecule has 106 valence electrons. The summed E-state index contributed by atoms with van der Waals surface area (Å²) in [5, 5.41) is 6.14. The molecule has 1 aliphatic heterocycles. The van der Waals surface area contributed by atoms with Crippen molar-refractivity contribution in [3.8, 4) is 0 Å². The van der Waals surface area contributed by atoms with Crippen LogP contribution in [0.25, 0.3) is 0 Å². The van der Waals surface area contributed by atoms with Crippen LogP contribution in [0.4, 0.5) is 0 Å². The Balaban J connectivity index is 1.93. The largest absolute Gasteiger partial charge is 0.273 e. The fraction of sp³-hybridized carbons (Fsp3) is 0.222. The number of benzene rings is 2. The van der Waals surface area contributed by atoms with Crippen molar-refractivity contribution in [2.75, 3.05) is 0 Å². The third kappa shape index (κ3) is 2.72. The van der Waals surface area contributed by atoms with Crippen LogP contribution >= 0.6 is 0 Å². The van der Waals surface area contributed by atoms with E-state index in [2.05, 4.69) is 36.3 Å². The maximum absolute atomic E-state index is 11.9. The number of hydrazone groups is 1. The Bertz CT molecular complexity index is 674. The summed E-state index contributed by atoms with van der Waals surface area (Å²) < 4.78 is 0. The summed E-state index contributed by atoms with van der Waals surface area (Å²) in [6.07, 6.45) is 0.757. The standard InChI is InChI=1S/C18H18N2O/c1-13-8-10-16(11-9-13)18-12-17(19-20(18)14(2)21)15-6-4-3-5-7-15/h3-11,18H,12H2,1-2H3/t18-/m1/s1. The van der Waals surface area contributed by atoms with Gasteiger partial charge in [-0.05, 0) is 18.1 Å². The second kappa shape index (κ2) is 5.52. The van der Waals surface area contributed by atoms with Crippen molar-refractivity contribution in [2.45, 2.75) is 26.3 Å². The Morgan fingerprint density at radius 3 is 2.38 bits per heavy atom. The zero-order chi connectivity index (χ0) is 14.8. The molecule has 0 saturated carbocycles. The Labute approximate surface area is 124 Å². The lowest BCUT2D eigenvalue weighted by Crippen LogP contribution is -2.24. The van der Waals surface area contributed by atoms with Gasteiger partial charge in [0.05, 0.1) is 11.8 Å². The van der Waals surface area contributed by atoms with Crippen molar-refractivity contribution < 1.29 is 4.79 Å². The number of hydrogen-bond donors (Lipinski definition) is 0. The van der Waals surface area contributed by atoms with E-state index in [1.165, 1.54) is 5.56 Å². The van der Waals surface area contributed by atoms with Crippen molar-refractivity contribution in [1.82, 2.24) is 5.01 Å². The average Bonchev–Trinajstić information content (AvgIpc) is 2.94. The molecule has 0 N–H and O–H groups in total. The van der Waals surface area contributed by atoms with Gasteiger partial charge in [-0.3, -0.25) is 4.79 Å². The number of aryl methyl sites for hydroxylation is 1. The lowest BCUT2D eigenvalue weighted by molar-refractivity contribution is -0.130. The van der Waals surface area contributed by atoms with Crippen molar-refractivity contribution in [3.05, 3.63) is 71.3 Å². The highest BCUT2D eigenvalue weighted by atomic mass is 16.2. The first kappa shape index (κ1) is 13.6. The van der Waals surface area contributed by atoms with Crippen molar-refractivity contribution in [2.24, 2.45) is 5.10 Å². The second-order valence-electron chi connectivity index (χ2n) is 5.41. The first-order valence-electron chi connectivity index (χ1n) is 7.14. The van der Waals surface area contributed by atoms with Gasteiger partial charge in [0.25, 0.3) is 0 Å². The lowest BCUT2D eigenvalue weighted by Gasteiger charge is -2.20. The molecule has 0 spiro atoms. The lowest BCUT2D eigenvalue weighted by atomic mass is 9.98. The molecule has 0 radical (unpaired) electrons. The van der Waals surface area contributed by atoms with E-state index in [9.17, 15) is 4.79 Å². The first-order valence-corrected chi connectivity index (χ1v) is 7.14. The fourth-order valence-electron chi connectivity index (χ4n) is 2.65. The SMILES string of the molecule is CC(=O)N1N=C(c2ccccc2)C[C@@H]1c1ccc(C)cc1. The summed E-state index contributed by atoms with van der Waals surface area (Å²) in [5.41, 5.74) is 4.40. The highest BCUT2D eigenvalue weighted by Crippen LogP contribution is 2.32. The van der Waals surface area contributed by atoms with Crippen LogP contribution in [0.5, 0.6) is 0 Å². The summed E-state index contributed by atoms with van der Waals surface area (Å²) in [6.45, 7) is 3.63. The molecule has 3 rings (SSSR count). The quantitative estimate of drug-likeness (QED) is 0.824. The van der Waals surface area contributed by atoms with E-state index in [4.69, 9.17) is 0 Å². The fourth-order valence-corrected chi connectivity index (χ4v) is 2.65. The smallest absolute Gasteiger partial charge is 0.240 e. The topological polar surface area (TPSA) is 32.7 Å². The highest BCUT2D eigenvalue weighted by Gasteiger charge is 2.31. The normalized spacial score (nSPS) is 17.7. The average molecular weight is 278 g/mol. The van der Waals surface area contributed by atoms with E-state index >= 15 is 0 Å². The molecule has 0 unspecified atom stereocenters. The van der Waals surface area contributed by atoms with E-state index in [0.29, 0.717) is 0 Å². The monoisotopic (exact) mass is 278 g/mol. The van der Waals surface area contributed by atoms with E-state index < -0.39 is 0 Å². The molecule has 3 nitrogen and oxygen atoms in total. The molecule has 1 aliphatic rings. The van der Waals surface area contributed by atoms with Gasteiger partial charge in [0.1, 0.15) is 0 Å². The van der Waals surface area contributed by atoms with Crippen LogP contribution < -0.4 is 0 Å². The number of nitrogens with zero attached hydrogens (tertiary/aromatic N) is 2. The number of hydrogen-bond acceptors (Lipinski definition) is 2. The Morgan fingerprint density at radius 1 is 1.10 bits per heavy atom. The third-order valence-corrected chi connectivity index (χ3v) is 3.80. The number of rotatable bonds is 2. The van der Waals surface area contributed by atoms with Gasteiger partial charge in [-0.25, -0.2) is 5.01 Å². The molecule has 0 aromatic heterocycles. The van der Waals surface area contributed by atoms with E-state index in [1.807, 2.05) is 30.3 Å². The molecule has 1 atom stereocenters. The maximum Gasteiger partial charge on any atom is 0.240 e. The van der Waals surface area contributed by atoms with Gasteiger partial charge >= 0.3 is 0 Å². The molecule has 1 amide bonds. The van der Waals surface area contributed by atoms with Gasteiger partial charge in [-0.1, -0.05) is 60.2 Å². The summed E-state index contributed by atoms with van der Waals surface area (Å²) in [5.74, 6) is -0.0218. The molecule has 0 saturated heterocycles. The molecular formula is C18H18N2O. The summed E-state index contributed by atoms with van der Waals surface area (Å²) in [6, 6.07) is 18.4. The zero-order valence-corrected chi connectivity index (χ0v) is 12.3. The summed E-state index contributed by atoms with van der Waals surface area (Å²) in [7, 11) is 0. The summed E-state index contributed by atoms with van der Waals surface area (Å²) >= 11 is 0. The zero-order valence-electron chi connectivity index (χ0n) is 12.3. The van der Waals surface area contributed by atoms with Gasteiger partial charge < -0.3 is 0 Å². The van der Waals surface area contributed by atoms with Crippen LogP contribution in [0.15, 0.2) is 59.7 Å². The Hall–Kier alpha value is -2.42. The van der Waals surface area contributed by atoms with Crippen molar-refractivity contribution >= 4 is 11.6 Å². The molecule has 2 aromatic carbocycles. The van der Waals surface area contributed by atoms with Crippen LogP contribution in [0.2, 0.25) is 0 Å². The second-order valence-corrected chi connectivity index (χ2v) is 5.41. The minimum Gasteiger partial charge on any atom is -0.273 e. The van der Waals surface area contributed by atoms with Crippen LogP contribution in [0, 0.1) is 6.92 Å². The first-order chi connectivity index (χ1) is 10.1. The molecule has 3 heteroatoms. The van der Waals surface area contributed by atoms with Crippen LogP contribution in [-0.2, 0) is 4.79 Å². The van der Waals surface area contributed by atoms with Crippen LogP contribution in [0.3, 0.4) is 0 Å². The van der Waals surface area contributed by atoms with Crippen molar-refractivity contribution in [1.29, 1.82) is 0 Å². The Kier molecular flexibility index (Phi) is 3.57. The van der Waals surface area contributed by atoms with E-state index in [1.54, 1.807) is 11.9 Å². The molecule has 1 heterocycles. The van der Waals surface area contributed by atoms with Crippen molar-refractivity contribution in [3.63, 3.8) is 0 Å². The van der Waals surface area contributed by atoms with Crippen LogP contribution in [0.1, 0.15) is 36.1 Å². The van der Waals surface area contributed by atoms with Gasteiger partial charge in [-0.2, -0.15) is 5.10 Å². The maximum atomic E-state index is 11.9. The molecule has 21 heavy (non-hydrogen) atoms. The molecule has 0 bridgehead atoms. The van der Waals surface area contributed by atoms with E-state index in [0.717, 1.165) is 23.3 Å². The minimum atomic E-state index is -0.0218. The Morgan fingerprint density at radius 2 is 1.76 bits per heavy atom. The predicted molar refractivity (Wildman–Crippen MR) is 84.0 cm³/mol. The van der Waals surface area contributed by atoms with Crippen LogP contribution in [-0.4, -0.2) is 16.6 Å². The number of carbonyl (C=O) groups is 1. The molecular weight excluding hydrogens is 260 g/mol. The predicted octanol–water partition coefficient (Wildman–Crippen LogP) is 3.69. The third-order valence-electron chi connectivity index (χ3n) is 3.80.